The number of rotatable bonds is 8. The zero-order valence-corrected chi connectivity index (χ0v) is 12.9. The predicted octanol–water partition coefficient (Wildman–Crippen LogP) is 3.04. The van der Waals surface area contributed by atoms with Crippen molar-refractivity contribution in [1.82, 2.24) is 5.32 Å². The molecule has 1 aromatic carbocycles. The smallest absolute Gasteiger partial charge is 0.288 e. The van der Waals surface area contributed by atoms with E-state index in [1.807, 2.05) is 0 Å². The van der Waals surface area contributed by atoms with Crippen molar-refractivity contribution >= 4 is 23.2 Å². The number of ether oxygens (including phenoxy) is 1. The van der Waals surface area contributed by atoms with Gasteiger partial charge < -0.3 is 10.1 Å². The van der Waals surface area contributed by atoms with Gasteiger partial charge in [0.05, 0.1) is 17.1 Å². The lowest BCUT2D eigenvalue weighted by molar-refractivity contribution is -0.384. The fourth-order valence-corrected chi connectivity index (χ4v) is 1.87. The number of nitro benzene ring substituents is 1. The van der Waals surface area contributed by atoms with E-state index in [0.717, 1.165) is 6.42 Å². The van der Waals surface area contributed by atoms with E-state index in [-0.39, 0.29) is 16.3 Å². The molecule has 0 spiro atoms. The second-order valence-corrected chi connectivity index (χ2v) is 5.32. The first-order valence-electron chi connectivity index (χ1n) is 6.72. The van der Waals surface area contributed by atoms with Crippen molar-refractivity contribution in [3.8, 4) is 0 Å². The number of nitrogens with zero attached hydrogens (tertiary/aromatic N) is 1. The molecule has 7 heteroatoms. The number of benzene rings is 1. The molecule has 1 N–H and O–H groups in total. The predicted molar refractivity (Wildman–Crippen MR) is 80.7 cm³/mol. The Bertz CT molecular complexity index is 506. The number of hydrogen-bond acceptors (Lipinski definition) is 4. The highest BCUT2D eigenvalue weighted by Gasteiger charge is 2.19. The van der Waals surface area contributed by atoms with Gasteiger partial charge in [0.25, 0.3) is 11.6 Å². The summed E-state index contributed by atoms with van der Waals surface area (Å²) >= 11 is 5.86. The molecule has 0 atom stereocenters. The molecule has 0 aliphatic rings. The SMILES string of the molecule is CC(C)CCOCCNC(=O)c1cccc([N+](=O)[O-])c1Cl. The molecule has 0 saturated heterocycles. The first kappa shape index (κ1) is 17.4. The lowest BCUT2D eigenvalue weighted by atomic mass is 10.1. The van der Waals surface area contributed by atoms with Gasteiger partial charge >= 0.3 is 0 Å². The van der Waals surface area contributed by atoms with Crippen molar-refractivity contribution in [2.75, 3.05) is 19.8 Å². The van der Waals surface area contributed by atoms with Crippen LogP contribution in [-0.4, -0.2) is 30.6 Å². The van der Waals surface area contributed by atoms with E-state index in [1.54, 1.807) is 0 Å². The summed E-state index contributed by atoms with van der Waals surface area (Å²) in [5, 5.41) is 13.2. The Morgan fingerprint density at radius 3 is 2.76 bits per heavy atom. The van der Waals surface area contributed by atoms with Crippen LogP contribution in [0.1, 0.15) is 30.6 Å². The molecule has 0 bridgehead atoms. The van der Waals surface area contributed by atoms with Gasteiger partial charge in [-0.25, -0.2) is 0 Å². The zero-order chi connectivity index (χ0) is 15.8. The van der Waals surface area contributed by atoms with Gasteiger partial charge in [-0.05, 0) is 18.4 Å². The molecule has 21 heavy (non-hydrogen) atoms. The minimum Gasteiger partial charge on any atom is -0.380 e. The molecule has 1 aromatic rings. The largest absolute Gasteiger partial charge is 0.380 e. The van der Waals surface area contributed by atoms with E-state index in [9.17, 15) is 14.9 Å². The number of carbonyl (C=O) groups is 1. The van der Waals surface area contributed by atoms with Crippen LogP contribution in [0.5, 0.6) is 0 Å². The third kappa shape index (κ3) is 5.69. The summed E-state index contributed by atoms with van der Waals surface area (Å²) in [4.78, 5) is 22.0. The number of nitro groups is 1. The van der Waals surface area contributed by atoms with Crippen LogP contribution < -0.4 is 5.32 Å². The molecule has 116 valence electrons. The van der Waals surface area contributed by atoms with E-state index in [2.05, 4.69) is 19.2 Å². The van der Waals surface area contributed by atoms with Crippen molar-refractivity contribution in [1.29, 1.82) is 0 Å². The highest BCUT2D eigenvalue weighted by Crippen LogP contribution is 2.27. The maximum absolute atomic E-state index is 11.9. The molecule has 0 aliphatic heterocycles. The molecule has 0 fully saturated rings. The van der Waals surface area contributed by atoms with Crippen LogP contribution in [0.15, 0.2) is 18.2 Å². The summed E-state index contributed by atoms with van der Waals surface area (Å²) in [7, 11) is 0. The Labute approximate surface area is 128 Å². The Hall–Kier alpha value is -1.66. The Morgan fingerprint density at radius 2 is 2.14 bits per heavy atom. The highest BCUT2D eigenvalue weighted by molar-refractivity contribution is 6.35. The summed E-state index contributed by atoms with van der Waals surface area (Å²) in [6, 6.07) is 4.14. The number of halogens is 1. The average molecular weight is 315 g/mol. The van der Waals surface area contributed by atoms with Crippen LogP contribution in [0.4, 0.5) is 5.69 Å². The summed E-state index contributed by atoms with van der Waals surface area (Å²) in [6.45, 7) is 5.58. The fourth-order valence-electron chi connectivity index (χ4n) is 1.59. The molecule has 1 rings (SSSR count). The average Bonchev–Trinajstić information content (AvgIpc) is 2.42. The summed E-state index contributed by atoms with van der Waals surface area (Å²) in [5.41, 5.74) is -0.189. The van der Waals surface area contributed by atoms with Crippen molar-refractivity contribution in [3.63, 3.8) is 0 Å². The van der Waals surface area contributed by atoms with Gasteiger partial charge in [0.2, 0.25) is 0 Å². The quantitative estimate of drug-likeness (QED) is 0.454. The minimum absolute atomic E-state index is 0.0908. The monoisotopic (exact) mass is 314 g/mol. The molecule has 0 aromatic heterocycles. The van der Waals surface area contributed by atoms with E-state index < -0.39 is 10.8 Å². The molecule has 0 aliphatic carbocycles. The Kier molecular flexibility index (Phi) is 7.11. The van der Waals surface area contributed by atoms with Crippen LogP contribution in [-0.2, 0) is 4.74 Å². The fraction of sp³-hybridized carbons (Fsp3) is 0.500. The molecular weight excluding hydrogens is 296 g/mol. The van der Waals surface area contributed by atoms with E-state index in [4.69, 9.17) is 16.3 Å². The van der Waals surface area contributed by atoms with Crippen LogP contribution in [0.3, 0.4) is 0 Å². The van der Waals surface area contributed by atoms with Crippen molar-refractivity contribution in [3.05, 3.63) is 38.9 Å². The van der Waals surface area contributed by atoms with Crippen molar-refractivity contribution in [2.24, 2.45) is 5.92 Å². The molecule has 6 nitrogen and oxygen atoms in total. The lowest BCUT2D eigenvalue weighted by Gasteiger charge is -2.08. The molecule has 0 saturated carbocycles. The van der Waals surface area contributed by atoms with Crippen molar-refractivity contribution in [2.45, 2.75) is 20.3 Å². The van der Waals surface area contributed by atoms with Gasteiger partial charge in [-0.3, -0.25) is 14.9 Å². The number of hydrogen-bond donors (Lipinski definition) is 1. The summed E-state index contributed by atoms with van der Waals surface area (Å²) in [5.74, 6) is 0.124. The number of amides is 1. The van der Waals surface area contributed by atoms with Gasteiger partial charge in [0.1, 0.15) is 5.02 Å². The van der Waals surface area contributed by atoms with Gasteiger partial charge in [0, 0.05) is 19.2 Å². The normalized spacial score (nSPS) is 10.7. The summed E-state index contributed by atoms with van der Waals surface area (Å²) in [6.07, 6.45) is 0.963. The first-order chi connectivity index (χ1) is 9.93. The van der Waals surface area contributed by atoms with Crippen LogP contribution >= 0.6 is 11.6 Å². The van der Waals surface area contributed by atoms with Crippen LogP contribution in [0, 0.1) is 16.0 Å². The lowest BCUT2D eigenvalue weighted by Crippen LogP contribution is -2.27. The highest BCUT2D eigenvalue weighted by atomic mass is 35.5. The summed E-state index contributed by atoms with van der Waals surface area (Å²) < 4.78 is 5.37. The maximum atomic E-state index is 11.9. The molecular formula is C14H19ClN2O4. The number of nitrogens with one attached hydrogen (secondary N) is 1. The minimum atomic E-state index is -0.617. The van der Waals surface area contributed by atoms with Gasteiger partial charge in [-0.2, -0.15) is 0 Å². The zero-order valence-electron chi connectivity index (χ0n) is 12.1. The molecule has 0 radical (unpaired) electrons. The van der Waals surface area contributed by atoms with Crippen molar-refractivity contribution < 1.29 is 14.5 Å². The van der Waals surface area contributed by atoms with Gasteiger partial charge in [0.15, 0.2) is 0 Å². The van der Waals surface area contributed by atoms with Crippen LogP contribution in [0.25, 0.3) is 0 Å². The van der Waals surface area contributed by atoms with E-state index >= 15 is 0 Å². The van der Waals surface area contributed by atoms with Gasteiger partial charge in [-0.1, -0.05) is 31.5 Å². The van der Waals surface area contributed by atoms with E-state index in [1.165, 1.54) is 18.2 Å². The topological polar surface area (TPSA) is 81.5 Å². The van der Waals surface area contributed by atoms with Crippen LogP contribution in [0.2, 0.25) is 5.02 Å². The number of carbonyl (C=O) groups excluding carboxylic acids is 1. The first-order valence-corrected chi connectivity index (χ1v) is 7.10. The second-order valence-electron chi connectivity index (χ2n) is 4.95. The molecule has 0 heterocycles. The Morgan fingerprint density at radius 1 is 1.43 bits per heavy atom. The van der Waals surface area contributed by atoms with E-state index in [0.29, 0.717) is 25.7 Å². The van der Waals surface area contributed by atoms with Gasteiger partial charge in [-0.15, -0.1) is 0 Å². The second kappa shape index (κ2) is 8.59. The standard InChI is InChI=1S/C14H19ClN2O4/c1-10(2)6-8-21-9-7-16-14(18)11-4-3-5-12(13(11)15)17(19)20/h3-5,10H,6-9H2,1-2H3,(H,16,18). The molecule has 1 amide bonds. The third-order valence-electron chi connectivity index (χ3n) is 2.79. The Balaban J connectivity index is 2.46. The third-order valence-corrected chi connectivity index (χ3v) is 3.19. The molecule has 0 unspecified atom stereocenters. The maximum Gasteiger partial charge on any atom is 0.288 e.